The van der Waals surface area contributed by atoms with Gasteiger partial charge in [0.15, 0.2) is 0 Å². The third-order valence-electron chi connectivity index (χ3n) is 1.78. The fourth-order valence-corrected chi connectivity index (χ4v) is 1.04. The molecule has 4 heteroatoms. The highest BCUT2D eigenvalue weighted by molar-refractivity contribution is 4.48. The Morgan fingerprint density at radius 1 is 1.00 bits per heavy atom. The van der Waals surface area contributed by atoms with Crippen LogP contribution < -0.4 is 5.48 Å². The van der Waals surface area contributed by atoms with Gasteiger partial charge in [0.1, 0.15) is 6.23 Å². The van der Waals surface area contributed by atoms with Crippen LogP contribution in [0.15, 0.2) is 0 Å². The van der Waals surface area contributed by atoms with Gasteiger partial charge in [-0.05, 0) is 19.3 Å². The van der Waals surface area contributed by atoms with E-state index in [1.807, 2.05) is 0 Å². The molecule has 0 bridgehead atoms. The van der Waals surface area contributed by atoms with E-state index in [4.69, 9.17) is 15.4 Å². The molecule has 0 saturated carbocycles. The van der Waals surface area contributed by atoms with Crippen molar-refractivity contribution in [1.82, 2.24) is 5.48 Å². The molecule has 0 aromatic carbocycles. The van der Waals surface area contributed by atoms with Gasteiger partial charge >= 0.3 is 0 Å². The van der Waals surface area contributed by atoms with Gasteiger partial charge in [-0.25, -0.2) is 0 Å². The molecule has 0 spiro atoms. The molecule has 1 atom stereocenters. The van der Waals surface area contributed by atoms with E-state index in [2.05, 4.69) is 0 Å². The summed E-state index contributed by atoms with van der Waals surface area (Å²) in [5.74, 6) is 0. The SMILES string of the molecule is OCCCCCCCC(O)NO. The number of nitrogens with one attached hydrogen (secondary N) is 1. The van der Waals surface area contributed by atoms with Crippen LogP contribution in [0.5, 0.6) is 0 Å². The first-order valence-electron chi connectivity index (χ1n) is 4.49. The Morgan fingerprint density at radius 3 is 2.17 bits per heavy atom. The van der Waals surface area contributed by atoms with Crippen LogP contribution in [-0.4, -0.2) is 28.3 Å². The second-order valence-electron chi connectivity index (χ2n) is 2.92. The fraction of sp³-hybridized carbons (Fsp3) is 1.00. The number of hydrogen-bond acceptors (Lipinski definition) is 4. The van der Waals surface area contributed by atoms with Gasteiger partial charge in [0.2, 0.25) is 0 Å². The Bertz CT molecular complexity index is 90.4. The maximum absolute atomic E-state index is 8.86. The first-order chi connectivity index (χ1) is 5.81. The molecule has 0 saturated heterocycles. The van der Waals surface area contributed by atoms with Crippen molar-refractivity contribution in [2.75, 3.05) is 6.61 Å². The molecule has 0 radical (unpaired) electrons. The average Bonchev–Trinajstić information content (AvgIpc) is 2.10. The molecule has 0 rings (SSSR count). The van der Waals surface area contributed by atoms with Crippen molar-refractivity contribution < 1.29 is 15.4 Å². The van der Waals surface area contributed by atoms with E-state index in [0.717, 1.165) is 32.1 Å². The number of rotatable bonds is 8. The van der Waals surface area contributed by atoms with Crippen molar-refractivity contribution in [2.45, 2.75) is 44.8 Å². The van der Waals surface area contributed by atoms with Crippen molar-refractivity contribution in [3.05, 3.63) is 0 Å². The lowest BCUT2D eigenvalue weighted by Crippen LogP contribution is -2.24. The molecule has 0 heterocycles. The van der Waals surface area contributed by atoms with Crippen molar-refractivity contribution in [2.24, 2.45) is 0 Å². The van der Waals surface area contributed by atoms with Gasteiger partial charge in [-0.2, -0.15) is 5.48 Å². The molecule has 4 nitrogen and oxygen atoms in total. The minimum atomic E-state index is -0.789. The van der Waals surface area contributed by atoms with E-state index in [9.17, 15) is 0 Å². The summed E-state index contributed by atoms with van der Waals surface area (Å²) in [6.07, 6.45) is 4.72. The summed E-state index contributed by atoms with van der Waals surface area (Å²) >= 11 is 0. The van der Waals surface area contributed by atoms with E-state index in [1.165, 1.54) is 0 Å². The third kappa shape index (κ3) is 7.94. The summed E-state index contributed by atoms with van der Waals surface area (Å²) in [7, 11) is 0. The van der Waals surface area contributed by atoms with Crippen LogP contribution in [-0.2, 0) is 0 Å². The first-order valence-corrected chi connectivity index (χ1v) is 4.49. The normalized spacial score (nSPS) is 13.2. The van der Waals surface area contributed by atoms with Crippen molar-refractivity contribution in [3.63, 3.8) is 0 Å². The van der Waals surface area contributed by atoms with Crippen LogP contribution in [0, 0.1) is 0 Å². The molecule has 0 aliphatic carbocycles. The summed E-state index contributed by atoms with van der Waals surface area (Å²) in [6.45, 7) is 0.265. The molecule has 12 heavy (non-hydrogen) atoms. The molecule has 74 valence electrons. The zero-order valence-corrected chi connectivity index (χ0v) is 7.37. The van der Waals surface area contributed by atoms with Gasteiger partial charge in [-0.1, -0.05) is 19.3 Å². The molecule has 0 aliphatic rings. The first kappa shape index (κ1) is 11.8. The number of unbranched alkanes of at least 4 members (excludes halogenated alkanes) is 4. The van der Waals surface area contributed by atoms with Gasteiger partial charge in [0.25, 0.3) is 0 Å². The van der Waals surface area contributed by atoms with Crippen LogP contribution in [0.4, 0.5) is 0 Å². The van der Waals surface area contributed by atoms with Gasteiger partial charge in [-0.15, -0.1) is 0 Å². The predicted molar refractivity (Wildman–Crippen MR) is 45.7 cm³/mol. The van der Waals surface area contributed by atoms with Crippen molar-refractivity contribution >= 4 is 0 Å². The molecule has 0 amide bonds. The van der Waals surface area contributed by atoms with Crippen LogP contribution in [0.3, 0.4) is 0 Å². The molecule has 0 aliphatic heterocycles. The second-order valence-corrected chi connectivity index (χ2v) is 2.92. The molecular formula is C8H19NO3. The summed E-state index contributed by atoms with van der Waals surface area (Å²) < 4.78 is 0. The van der Waals surface area contributed by atoms with Crippen molar-refractivity contribution in [1.29, 1.82) is 0 Å². The Hall–Kier alpha value is -0.160. The van der Waals surface area contributed by atoms with Crippen LogP contribution in [0.25, 0.3) is 0 Å². The van der Waals surface area contributed by atoms with Crippen LogP contribution in [0.2, 0.25) is 0 Å². The summed E-state index contributed by atoms with van der Waals surface area (Å²) in [5, 5.41) is 25.6. The van der Waals surface area contributed by atoms with Crippen molar-refractivity contribution in [3.8, 4) is 0 Å². The number of hydroxylamine groups is 1. The minimum Gasteiger partial charge on any atom is -0.396 e. The van der Waals surface area contributed by atoms with E-state index in [-0.39, 0.29) is 6.61 Å². The molecule has 0 fully saturated rings. The number of aliphatic hydroxyl groups is 2. The standard InChI is InChI=1S/C8H19NO3/c10-7-5-3-1-2-4-6-8(11)9-12/h8-12H,1-7H2. The summed E-state index contributed by atoms with van der Waals surface area (Å²) in [5.41, 5.74) is 1.78. The highest BCUT2D eigenvalue weighted by Gasteiger charge is 1.99. The Balaban J connectivity index is 2.90. The van der Waals surface area contributed by atoms with Gasteiger partial charge in [-0.3, -0.25) is 0 Å². The van der Waals surface area contributed by atoms with E-state index >= 15 is 0 Å². The largest absolute Gasteiger partial charge is 0.396 e. The highest BCUT2D eigenvalue weighted by atomic mass is 16.5. The predicted octanol–water partition coefficient (Wildman–Crippen LogP) is 0.616. The van der Waals surface area contributed by atoms with Gasteiger partial charge in [0.05, 0.1) is 0 Å². The highest BCUT2D eigenvalue weighted by Crippen LogP contribution is 2.05. The Morgan fingerprint density at radius 2 is 1.58 bits per heavy atom. The van der Waals surface area contributed by atoms with E-state index in [0.29, 0.717) is 6.42 Å². The lowest BCUT2D eigenvalue weighted by atomic mass is 10.1. The second kappa shape index (κ2) is 8.93. The zero-order valence-electron chi connectivity index (χ0n) is 7.37. The molecule has 0 aromatic heterocycles. The zero-order chi connectivity index (χ0) is 9.23. The summed E-state index contributed by atoms with van der Waals surface area (Å²) in [6, 6.07) is 0. The lowest BCUT2D eigenvalue weighted by Gasteiger charge is -2.06. The molecule has 4 N–H and O–H groups in total. The third-order valence-corrected chi connectivity index (χ3v) is 1.78. The topological polar surface area (TPSA) is 72.7 Å². The quantitative estimate of drug-likeness (QED) is 0.249. The summed E-state index contributed by atoms with van der Waals surface area (Å²) in [4.78, 5) is 0. The Kier molecular flexibility index (Phi) is 8.81. The van der Waals surface area contributed by atoms with E-state index in [1.54, 1.807) is 5.48 Å². The monoisotopic (exact) mass is 177 g/mol. The molecule has 0 aromatic rings. The molecule has 1 unspecified atom stereocenters. The van der Waals surface area contributed by atoms with Crippen LogP contribution in [0.1, 0.15) is 38.5 Å². The lowest BCUT2D eigenvalue weighted by molar-refractivity contribution is -0.00394. The number of aliphatic hydroxyl groups excluding tert-OH is 2. The maximum atomic E-state index is 8.86. The molecular weight excluding hydrogens is 158 g/mol. The van der Waals surface area contributed by atoms with Gasteiger partial charge in [0, 0.05) is 6.61 Å². The minimum absolute atomic E-state index is 0.265. The van der Waals surface area contributed by atoms with Crippen LogP contribution >= 0.6 is 0 Å². The average molecular weight is 177 g/mol. The smallest absolute Gasteiger partial charge is 0.126 e. The fourth-order valence-electron chi connectivity index (χ4n) is 1.04. The van der Waals surface area contributed by atoms with Gasteiger partial charge < -0.3 is 15.4 Å². The van der Waals surface area contributed by atoms with E-state index < -0.39 is 6.23 Å². The number of hydrogen-bond donors (Lipinski definition) is 4. The Labute approximate surface area is 73.2 Å². The maximum Gasteiger partial charge on any atom is 0.126 e.